The van der Waals surface area contributed by atoms with Gasteiger partial charge in [0.15, 0.2) is 5.96 Å². The summed E-state index contributed by atoms with van der Waals surface area (Å²) in [6.45, 7) is 1.30. The average Bonchev–Trinajstić information content (AvgIpc) is 2.86. The Labute approximate surface area is 146 Å². The number of nitrogens with zero attached hydrogens (tertiary/aromatic N) is 3. The van der Waals surface area contributed by atoms with Crippen LogP contribution in [0.5, 0.6) is 0 Å². The normalized spacial score (nSPS) is 10.9. The van der Waals surface area contributed by atoms with E-state index in [1.54, 1.807) is 13.2 Å². The molecule has 0 spiro atoms. The molecule has 2 N–H and O–H groups in total. The van der Waals surface area contributed by atoms with Gasteiger partial charge >= 0.3 is 0 Å². The minimum Gasteiger partial charge on any atom is -0.352 e. The molecule has 0 amide bonds. The molecule has 0 aliphatic heterocycles. The lowest BCUT2D eigenvalue weighted by Gasteiger charge is -2.12. The Morgan fingerprint density at radius 3 is 2.57 bits per heavy atom. The molecule has 0 aliphatic rings. The van der Waals surface area contributed by atoms with E-state index >= 15 is 0 Å². The van der Waals surface area contributed by atoms with Crippen molar-refractivity contribution in [3.8, 4) is 0 Å². The summed E-state index contributed by atoms with van der Waals surface area (Å²) in [5.41, 5.74) is 2.13. The number of halogens is 2. The van der Waals surface area contributed by atoms with Crippen LogP contribution in [0, 0.1) is 0 Å². The minimum atomic E-state index is 0. The molecule has 1 aromatic carbocycles. The third-order valence-electron chi connectivity index (χ3n) is 2.99. The molecule has 2 aromatic rings. The summed E-state index contributed by atoms with van der Waals surface area (Å²) in [5.74, 6) is 0.728. The lowest BCUT2D eigenvalue weighted by atomic mass is 10.2. The van der Waals surface area contributed by atoms with Crippen LogP contribution in [0.15, 0.2) is 41.5 Å². The lowest BCUT2D eigenvalue weighted by molar-refractivity contribution is 0.684. The van der Waals surface area contributed by atoms with Gasteiger partial charge in [-0.2, -0.15) is 5.10 Å². The fourth-order valence-corrected chi connectivity index (χ4v) is 1.99. The first kappa shape index (κ1) is 17.8. The van der Waals surface area contributed by atoms with Gasteiger partial charge < -0.3 is 10.6 Å². The molecular formula is C14H19ClIN5. The van der Waals surface area contributed by atoms with Crippen LogP contribution in [0.3, 0.4) is 0 Å². The highest BCUT2D eigenvalue weighted by atomic mass is 127. The zero-order valence-corrected chi connectivity index (χ0v) is 15.1. The molecule has 0 saturated heterocycles. The van der Waals surface area contributed by atoms with Gasteiger partial charge in [0.1, 0.15) is 0 Å². The number of rotatable bonds is 4. The number of benzene rings is 1. The molecule has 0 unspecified atom stereocenters. The Morgan fingerprint density at radius 1 is 1.24 bits per heavy atom. The smallest absolute Gasteiger partial charge is 0.191 e. The highest BCUT2D eigenvalue weighted by Gasteiger charge is 2.03. The standard InChI is InChI=1S/C14H18ClN5.HI/c1-16-14(18-10-12-7-8-19-20(12)2)17-9-11-5-3-4-6-13(11)15;/h3-8H,9-10H2,1-2H3,(H2,16,17,18);1H. The van der Waals surface area contributed by atoms with Gasteiger partial charge in [-0.3, -0.25) is 9.67 Å². The predicted molar refractivity (Wildman–Crippen MR) is 97.1 cm³/mol. The number of aryl methyl sites for hydroxylation is 1. The monoisotopic (exact) mass is 419 g/mol. The van der Waals surface area contributed by atoms with E-state index in [2.05, 4.69) is 20.7 Å². The molecule has 7 heteroatoms. The fraction of sp³-hybridized carbons (Fsp3) is 0.286. The second kappa shape index (κ2) is 8.89. The van der Waals surface area contributed by atoms with E-state index in [1.165, 1.54) is 0 Å². The molecule has 0 bridgehead atoms. The van der Waals surface area contributed by atoms with Gasteiger partial charge in [0.25, 0.3) is 0 Å². The Hall–Kier alpha value is -1.28. The number of nitrogens with one attached hydrogen (secondary N) is 2. The zero-order chi connectivity index (χ0) is 14.4. The fourth-order valence-electron chi connectivity index (χ4n) is 1.79. The lowest BCUT2D eigenvalue weighted by Crippen LogP contribution is -2.36. The van der Waals surface area contributed by atoms with Crippen molar-refractivity contribution in [2.24, 2.45) is 12.0 Å². The van der Waals surface area contributed by atoms with E-state index in [0.29, 0.717) is 13.1 Å². The van der Waals surface area contributed by atoms with E-state index in [4.69, 9.17) is 11.6 Å². The molecule has 21 heavy (non-hydrogen) atoms. The first-order chi connectivity index (χ1) is 9.70. The molecule has 1 aromatic heterocycles. The van der Waals surface area contributed by atoms with Crippen molar-refractivity contribution in [3.05, 3.63) is 52.8 Å². The summed E-state index contributed by atoms with van der Waals surface area (Å²) in [6, 6.07) is 9.72. The van der Waals surface area contributed by atoms with Gasteiger partial charge in [-0.1, -0.05) is 29.8 Å². The van der Waals surface area contributed by atoms with E-state index in [0.717, 1.165) is 22.2 Å². The number of guanidine groups is 1. The van der Waals surface area contributed by atoms with Crippen LogP contribution in [0.2, 0.25) is 5.02 Å². The van der Waals surface area contributed by atoms with Crippen LogP contribution in [0.25, 0.3) is 0 Å². The second-order valence-corrected chi connectivity index (χ2v) is 4.72. The topological polar surface area (TPSA) is 54.2 Å². The summed E-state index contributed by atoms with van der Waals surface area (Å²) in [5, 5.41) is 11.3. The second-order valence-electron chi connectivity index (χ2n) is 4.32. The summed E-state index contributed by atoms with van der Waals surface area (Å²) in [7, 11) is 3.65. The number of aliphatic imine (C=N–C) groups is 1. The van der Waals surface area contributed by atoms with Crippen molar-refractivity contribution in [3.63, 3.8) is 0 Å². The van der Waals surface area contributed by atoms with E-state index < -0.39 is 0 Å². The van der Waals surface area contributed by atoms with Crippen LogP contribution < -0.4 is 10.6 Å². The van der Waals surface area contributed by atoms with Gasteiger partial charge in [0, 0.05) is 31.9 Å². The third kappa shape index (κ3) is 5.20. The van der Waals surface area contributed by atoms with Crippen molar-refractivity contribution in [2.75, 3.05) is 7.05 Å². The molecular weight excluding hydrogens is 401 g/mol. The maximum atomic E-state index is 6.12. The Morgan fingerprint density at radius 2 is 1.95 bits per heavy atom. The Bertz CT molecular complexity index is 597. The maximum absolute atomic E-state index is 6.12. The van der Waals surface area contributed by atoms with E-state index in [9.17, 15) is 0 Å². The third-order valence-corrected chi connectivity index (χ3v) is 3.36. The molecule has 0 radical (unpaired) electrons. The summed E-state index contributed by atoms with van der Waals surface area (Å²) >= 11 is 6.12. The van der Waals surface area contributed by atoms with E-state index in [-0.39, 0.29) is 24.0 Å². The van der Waals surface area contributed by atoms with Gasteiger partial charge in [-0.25, -0.2) is 0 Å². The van der Waals surface area contributed by atoms with Crippen LogP contribution in [0.1, 0.15) is 11.3 Å². The number of hydrogen-bond acceptors (Lipinski definition) is 2. The SMILES string of the molecule is CN=C(NCc1ccccc1Cl)NCc1ccnn1C.I. The summed E-state index contributed by atoms with van der Waals surface area (Å²) in [6.07, 6.45) is 1.77. The zero-order valence-electron chi connectivity index (χ0n) is 12.0. The van der Waals surface area contributed by atoms with Gasteiger partial charge in [-0.15, -0.1) is 24.0 Å². The molecule has 5 nitrogen and oxygen atoms in total. The molecule has 0 saturated carbocycles. The van der Waals surface area contributed by atoms with Crippen molar-refractivity contribution in [1.29, 1.82) is 0 Å². The minimum absolute atomic E-state index is 0. The predicted octanol–water partition coefficient (Wildman–Crippen LogP) is 2.56. The number of aromatic nitrogens is 2. The number of hydrogen-bond donors (Lipinski definition) is 2. The molecule has 0 atom stereocenters. The first-order valence-corrected chi connectivity index (χ1v) is 6.73. The highest BCUT2D eigenvalue weighted by Crippen LogP contribution is 2.14. The first-order valence-electron chi connectivity index (χ1n) is 6.35. The molecule has 0 aliphatic carbocycles. The van der Waals surface area contributed by atoms with Crippen molar-refractivity contribution >= 4 is 41.5 Å². The van der Waals surface area contributed by atoms with Gasteiger partial charge in [0.05, 0.1) is 12.2 Å². The Balaban J connectivity index is 0.00000220. The van der Waals surface area contributed by atoms with Gasteiger partial charge in [-0.05, 0) is 17.7 Å². The largest absolute Gasteiger partial charge is 0.352 e. The quantitative estimate of drug-likeness (QED) is 0.455. The summed E-state index contributed by atoms with van der Waals surface area (Å²) < 4.78 is 1.83. The van der Waals surface area contributed by atoms with Gasteiger partial charge in [0.2, 0.25) is 0 Å². The van der Waals surface area contributed by atoms with Crippen LogP contribution in [0.4, 0.5) is 0 Å². The molecule has 114 valence electrons. The van der Waals surface area contributed by atoms with Crippen molar-refractivity contribution in [1.82, 2.24) is 20.4 Å². The molecule has 1 heterocycles. The molecule has 2 rings (SSSR count). The average molecular weight is 420 g/mol. The van der Waals surface area contributed by atoms with Crippen LogP contribution >= 0.6 is 35.6 Å². The summed E-state index contributed by atoms with van der Waals surface area (Å²) in [4.78, 5) is 4.18. The Kier molecular flexibility index (Phi) is 7.52. The highest BCUT2D eigenvalue weighted by molar-refractivity contribution is 14.0. The van der Waals surface area contributed by atoms with Crippen molar-refractivity contribution < 1.29 is 0 Å². The molecule has 0 fully saturated rings. The maximum Gasteiger partial charge on any atom is 0.191 e. The van der Waals surface area contributed by atoms with Crippen LogP contribution in [-0.4, -0.2) is 22.8 Å². The van der Waals surface area contributed by atoms with Crippen LogP contribution in [-0.2, 0) is 20.1 Å². The van der Waals surface area contributed by atoms with Crippen molar-refractivity contribution in [2.45, 2.75) is 13.1 Å². The van der Waals surface area contributed by atoms with E-state index in [1.807, 2.05) is 42.1 Å².